The van der Waals surface area contributed by atoms with Crippen LogP contribution in [0.2, 0.25) is 0 Å². The molecule has 0 heterocycles. The van der Waals surface area contributed by atoms with Crippen molar-refractivity contribution in [3.63, 3.8) is 0 Å². The van der Waals surface area contributed by atoms with E-state index in [1.807, 2.05) is 0 Å². The summed E-state index contributed by atoms with van der Waals surface area (Å²) in [5.41, 5.74) is 0. The zero-order valence-electron chi connectivity index (χ0n) is 49.2. The number of allylic oxidation sites excluding steroid dienone is 6. The molecule has 6 heteroatoms. The lowest BCUT2D eigenvalue weighted by molar-refractivity contribution is -0.167. The van der Waals surface area contributed by atoms with Crippen LogP contribution in [-0.2, 0) is 28.6 Å². The zero-order valence-corrected chi connectivity index (χ0v) is 49.2. The topological polar surface area (TPSA) is 78.9 Å². The third kappa shape index (κ3) is 60.4. The Balaban J connectivity index is 4.33. The molecule has 0 amide bonds. The fourth-order valence-electron chi connectivity index (χ4n) is 9.67. The van der Waals surface area contributed by atoms with E-state index in [4.69, 9.17) is 14.2 Å². The lowest BCUT2D eigenvalue weighted by Gasteiger charge is -2.18. The van der Waals surface area contributed by atoms with Crippen LogP contribution in [0.1, 0.15) is 355 Å². The zero-order chi connectivity index (χ0) is 52.9. The van der Waals surface area contributed by atoms with E-state index in [0.717, 1.165) is 64.2 Å². The molecule has 428 valence electrons. The Labute approximate surface area is 455 Å². The standard InChI is InChI=1S/C67H124O6/c1-4-7-10-13-16-19-22-25-28-30-32-33-35-37-40-43-46-49-52-55-58-61-67(70)73-64(62-71-65(68)59-56-53-50-47-44-41-38-27-24-21-18-15-12-9-6-3)63-72-66(69)60-57-54-51-48-45-42-39-36-34-31-29-26-23-20-17-14-11-8-5-2/h25-29,38,64H,4-24,30-37,39-63H2,1-3H3/b28-25-,29-26-,38-27-/t64-/m0/s1. The SMILES string of the molecule is CCCCCCCC/C=C\CCCCCCCCCCCCCC(=O)O[C@@H](COC(=O)CCCCCCC/C=C\CCCCCCCC)COC(=O)CCCCCCCCCCC/C=C\CCCCCCCC. The minimum atomic E-state index is -0.776. The monoisotopic (exact) mass is 1020 g/mol. The quantitative estimate of drug-likeness (QED) is 0.0261. The number of carbonyl (C=O) groups is 3. The number of unbranched alkanes of at least 4 members (excludes halogenated alkanes) is 43. The molecule has 0 unspecified atom stereocenters. The summed E-state index contributed by atoms with van der Waals surface area (Å²) in [6, 6.07) is 0. The van der Waals surface area contributed by atoms with Gasteiger partial charge in [0.15, 0.2) is 6.10 Å². The molecule has 0 N–H and O–H groups in total. The fourth-order valence-corrected chi connectivity index (χ4v) is 9.67. The molecule has 73 heavy (non-hydrogen) atoms. The number of hydrogen-bond acceptors (Lipinski definition) is 6. The molecule has 0 saturated carbocycles. The molecule has 0 saturated heterocycles. The van der Waals surface area contributed by atoms with Crippen LogP contribution >= 0.6 is 0 Å². The first kappa shape index (κ1) is 70.6. The molecule has 0 spiro atoms. The summed E-state index contributed by atoms with van der Waals surface area (Å²) in [4.78, 5) is 38.3. The summed E-state index contributed by atoms with van der Waals surface area (Å²) in [5.74, 6) is -0.861. The molecule has 0 aromatic carbocycles. The maximum atomic E-state index is 12.9. The Kier molecular flexibility index (Phi) is 60.2. The molecule has 0 bridgehead atoms. The average molecular weight is 1030 g/mol. The third-order valence-electron chi connectivity index (χ3n) is 14.6. The van der Waals surface area contributed by atoms with E-state index < -0.39 is 6.10 Å². The predicted molar refractivity (Wildman–Crippen MR) is 316 cm³/mol. The minimum absolute atomic E-state index is 0.0729. The van der Waals surface area contributed by atoms with Crippen molar-refractivity contribution in [3.8, 4) is 0 Å². The molecule has 0 aromatic rings. The van der Waals surface area contributed by atoms with Crippen LogP contribution in [0.25, 0.3) is 0 Å². The van der Waals surface area contributed by atoms with Gasteiger partial charge in [-0.25, -0.2) is 0 Å². The molecule has 0 aromatic heterocycles. The smallest absolute Gasteiger partial charge is 0.306 e. The highest BCUT2D eigenvalue weighted by Gasteiger charge is 2.19. The number of esters is 3. The minimum Gasteiger partial charge on any atom is -0.462 e. The van der Waals surface area contributed by atoms with Crippen LogP contribution in [0, 0.1) is 0 Å². The Morgan fingerprint density at radius 3 is 0.685 bits per heavy atom. The Bertz CT molecular complexity index is 1220. The maximum Gasteiger partial charge on any atom is 0.306 e. The van der Waals surface area contributed by atoms with E-state index in [1.54, 1.807) is 0 Å². The molecule has 0 rings (SSSR count). The molecular weight excluding hydrogens is 901 g/mol. The van der Waals surface area contributed by atoms with Crippen LogP contribution in [-0.4, -0.2) is 37.2 Å². The molecule has 0 aliphatic rings. The van der Waals surface area contributed by atoms with E-state index in [1.165, 1.54) is 250 Å². The van der Waals surface area contributed by atoms with E-state index >= 15 is 0 Å². The van der Waals surface area contributed by atoms with Crippen molar-refractivity contribution in [2.24, 2.45) is 0 Å². The third-order valence-corrected chi connectivity index (χ3v) is 14.6. The van der Waals surface area contributed by atoms with Gasteiger partial charge < -0.3 is 14.2 Å². The Morgan fingerprint density at radius 2 is 0.452 bits per heavy atom. The molecule has 6 nitrogen and oxygen atoms in total. The summed E-state index contributed by atoms with van der Waals surface area (Å²) in [6.45, 7) is 6.68. The highest BCUT2D eigenvalue weighted by Crippen LogP contribution is 2.17. The van der Waals surface area contributed by atoms with E-state index in [9.17, 15) is 14.4 Å². The Morgan fingerprint density at radius 1 is 0.260 bits per heavy atom. The first-order chi connectivity index (χ1) is 36.0. The second-order valence-corrected chi connectivity index (χ2v) is 22.0. The normalized spacial score (nSPS) is 12.2. The van der Waals surface area contributed by atoms with Crippen molar-refractivity contribution in [1.82, 2.24) is 0 Å². The van der Waals surface area contributed by atoms with Gasteiger partial charge in [-0.1, -0.05) is 276 Å². The van der Waals surface area contributed by atoms with Crippen LogP contribution in [0.5, 0.6) is 0 Å². The van der Waals surface area contributed by atoms with Gasteiger partial charge in [-0.3, -0.25) is 14.4 Å². The number of carbonyl (C=O) groups excluding carboxylic acids is 3. The lowest BCUT2D eigenvalue weighted by Crippen LogP contribution is -2.30. The van der Waals surface area contributed by atoms with Crippen LogP contribution < -0.4 is 0 Å². The van der Waals surface area contributed by atoms with Gasteiger partial charge in [0.2, 0.25) is 0 Å². The van der Waals surface area contributed by atoms with Gasteiger partial charge in [-0.05, 0) is 96.3 Å². The van der Waals surface area contributed by atoms with Gasteiger partial charge in [0.25, 0.3) is 0 Å². The molecule has 0 aliphatic heterocycles. The maximum absolute atomic E-state index is 12.9. The summed E-state index contributed by atoms with van der Waals surface area (Å²) in [7, 11) is 0. The number of rotatable bonds is 60. The number of hydrogen-bond donors (Lipinski definition) is 0. The summed E-state index contributed by atoms with van der Waals surface area (Å²) >= 11 is 0. The van der Waals surface area contributed by atoms with Gasteiger partial charge in [-0.15, -0.1) is 0 Å². The first-order valence-electron chi connectivity index (χ1n) is 32.5. The van der Waals surface area contributed by atoms with Gasteiger partial charge >= 0.3 is 17.9 Å². The second-order valence-electron chi connectivity index (χ2n) is 22.0. The van der Waals surface area contributed by atoms with Gasteiger partial charge in [0.05, 0.1) is 0 Å². The van der Waals surface area contributed by atoms with Crippen molar-refractivity contribution < 1.29 is 28.6 Å². The van der Waals surface area contributed by atoms with Crippen LogP contribution in [0.4, 0.5) is 0 Å². The van der Waals surface area contributed by atoms with Gasteiger partial charge in [0, 0.05) is 19.3 Å². The molecule has 0 fully saturated rings. The average Bonchev–Trinajstić information content (AvgIpc) is 3.39. The molecular formula is C67H124O6. The van der Waals surface area contributed by atoms with Crippen LogP contribution in [0.3, 0.4) is 0 Å². The summed E-state index contributed by atoms with van der Waals surface area (Å²) in [6.07, 6.45) is 75.7. The Hall–Kier alpha value is -2.37. The van der Waals surface area contributed by atoms with Crippen molar-refractivity contribution in [2.45, 2.75) is 361 Å². The van der Waals surface area contributed by atoms with Crippen molar-refractivity contribution in [2.75, 3.05) is 13.2 Å². The number of ether oxygens (including phenoxy) is 3. The van der Waals surface area contributed by atoms with Crippen LogP contribution in [0.15, 0.2) is 36.5 Å². The van der Waals surface area contributed by atoms with E-state index in [2.05, 4.69) is 57.2 Å². The largest absolute Gasteiger partial charge is 0.462 e. The molecule has 1 atom stereocenters. The summed E-state index contributed by atoms with van der Waals surface area (Å²) < 4.78 is 16.9. The first-order valence-corrected chi connectivity index (χ1v) is 32.5. The molecule has 0 aliphatic carbocycles. The highest BCUT2D eigenvalue weighted by atomic mass is 16.6. The van der Waals surface area contributed by atoms with Gasteiger partial charge in [-0.2, -0.15) is 0 Å². The van der Waals surface area contributed by atoms with Crippen molar-refractivity contribution >= 4 is 17.9 Å². The second kappa shape index (κ2) is 62.2. The summed E-state index contributed by atoms with van der Waals surface area (Å²) in [5, 5.41) is 0. The molecule has 0 radical (unpaired) electrons. The van der Waals surface area contributed by atoms with Crippen molar-refractivity contribution in [3.05, 3.63) is 36.5 Å². The van der Waals surface area contributed by atoms with Gasteiger partial charge in [0.1, 0.15) is 13.2 Å². The predicted octanol–water partition coefficient (Wildman–Crippen LogP) is 22.0. The fraction of sp³-hybridized carbons (Fsp3) is 0.866. The highest BCUT2D eigenvalue weighted by molar-refractivity contribution is 5.71. The van der Waals surface area contributed by atoms with E-state index in [0.29, 0.717) is 19.3 Å². The lowest BCUT2D eigenvalue weighted by atomic mass is 10.0. The van der Waals surface area contributed by atoms with E-state index in [-0.39, 0.29) is 31.1 Å². The van der Waals surface area contributed by atoms with Crippen molar-refractivity contribution in [1.29, 1.82) is 0 Å².